The molecule has 1 amide bonds. The van der Waals surface area contributed by atoms with Gasteiger partial charge in [0.05, 0.1) is 6.54 Å². The number of nitrogens with zero attached hydrogens (tertiary/aromatic N) is 3. The van der Waals surface area contributed by atoms with Gasteiger partial charge in [-0.3, -0.25) is 4.79 Å². The summed E-state index contributed by atoms with van der Waals surface area (Å²) in [7, 11) is 0. The van der Waals surface area contributed by atoms with Crippen LogP contribution in [0.15, 0.2) is 53.1 Å². The number of fused-ring (bicyclic) bond motifs is 1. The van der Waals surface area contributed by atoms with E-state index in [9.17, 15) is 4.79 Å². The molecule has 0 saturated heterocycles. The highest BCUT2D eigenvalue weighted by atomic mass is 16.6. The summed E-state index contributed by atoms with van der Waals surface area (Å²) >= 11 is 0. The van der Waals surface area contributed by atoms with Crippen LogP contribution < -0.4 is 9.47 Å². The minimum atomic E-state index is -0.209. The molecule has 1 aromatic heterocycles. The SMILES string of the molecule is CCN(CC1COc2ccccc2O1)C(=O)c1ccc(-c2nc(C)no2)cc1. The first-order valence-electron chi connectivity index (χ1n) is 9.22. The number of hydrogen-bond donors (Lipinski definition) is 0. The molecule has 7 nitrogen and oxygen atoms in total. The smallest absolute Gasteiger partial charge is 0.257 e. The molecule has 7 heteroatoms. The molecule has 0 saturated carbocycles. The minimum absolute atomic E-state index is 0.0572. The summed E-state index contributed by atoms with van der Waals surface area (Å²) in [6, 6.07) is 14.7. The molecule has 2 aromatic carbocycles. The van der Waals surface area contributed by atoms with Crippen molar-refractivity contribution >= 4 is 5.91 Å². The molecule has 0 fully saturated rings. The van der Waals surface area contributed by atoms with E-state index in [1.165, 1.54) is 0 Å². The average Bonchev–Trinajstić information content (AvgIpc) is 3.18. The van der Waals surface area contributed by atoms with E-state index in [0.717, 1.165) is 11.3 Å². The van der Waals surface area contributed by atoms with Crippen LogP contribution in [0.4, 0.5) is 0 Å². The van der Waals surface area contributed by atoms with Gasteiger partial charge in [0, 0.05) is 17.7 Å². The molecule has 0 aliphatic carbocycles. The van der Waals surface area contributed by atoms with Gasteiger partial charge in [-0.1, -0.05) is 17.3 Å². The number of aryl methyl sites for hydroxylation is 1. The summed E-state index contributed by atoms with van der Waals surface area (Å²) < 4.78 is 16.9. The largest absolute Gasteiger partial charge is 0.486 e. The number of ether oxygens (including phenoxy) is 2. The van der Waals surface area contributed by atoms with Gasteiger partial charge in [-0.15, -0.1) is 0 Å². The second-order valence-electron chi connectivity index (χ2n) is 6.57. The topological polar surface area (TPSA) is 77.7 Å². The molecule has 1 unspecified atom stereocenters. The van der Waals surface area contributed by atoms with Crippen LogP contribution in [0.25, 0.3) is 11.5 Å². The first-order chi connectivity index (χ1) is 13.6. The van der Waals surface area contributed by atoms with Gasteiger partial charge in [0.25, 0.3) is 11.8 Å². The Morgan fingerprint density at radius 3 is 2.57 bits per heavy atom. The van der Waals surface area contributed by atoms with Crippen molar-refractivity contribution in [2.24, 2.45) is 0 Å². The van der Waals surface area contributed by atoms with Gasteiger partial charge in [-0.2, -0.15) is 4.98 Å². The number of carbonyl (C=O) groups is 1. The lowest BCUT2D eigenvalue weighted by Gasteiger charge is -2.31. The third-order valence-electron chi connectivity index (χ3n) is 4.57. The van der Waals surface area contributed by atoms with E-state index in [0.29, 0.717) is 42.7 Å². The maximum atomic E-state index is 12.9. The van der Waals surface area contributed by atoms with Crippen molar-refractivity contribution in [3.05, 3.63) is 59.9 Å². The second-order valence-corrected chi connectivity index (χ2v) is 6.57. The average molecular weight is 379 g/mol. The molecule has 2 heterocycles. The first-order valence-corrected chi connectivity index (χ1v) is 9.22. The number of likely N-dealkylation sites (N-methyl/N-ethyl adjacent to an activating group) is 1. The molecule has 1 aliphatic heterocycles. The Kier molecular flexibility index (Phi) is 4.97. The third kappa shape index (κ3) is 3.69. The fourth-order valence-corrected chi connectivity index (χ4v) is 3.11. The number of amides is 1. The molecular formula is C21H21N3O4. The normalized spacial score (nSPS) is 15.3. The van der Waals surface area contributed by atoms with E-state index in [-0.39, 0.29) is 12.0 Å². The molecule has 3 aromatic rings. The predicted molar refractivity (Wildman–Crippen MR) is 102 cm³/mol. The number of hydrogen-bond acceptors (Lipinski definition) is 6. The number of rotatable bonds is 5. The van der Waals surface area contributed by atoms with Crippen LogP contribution >= 0.6 is 0 Å². The van der Waals surface area contributed by atoms with Crippen LogP contribution in [0.2, 0.25) is 0 Å². The summed E-state index contributed by atoms with van der Waals surface area (Å²) in [4.78, 5) is 18.9. The van der Waals surface area contributed by atoms with E-state index in [1.807, 2.05) is 43.3 Å². The van der Waals surface area contributed by atoms with E-state index >= 15 is 0 Å². The highest BCUT2D eigenvalue weighted by molar-refractivity contribution is 5.94. The Hall–Kier alpha value is -3.35. The zero-order valence-electron chi connectivity index (χ0n) is 15.8. The van der Waals surface area contributed by atoms with Crippen molar-refractivity contribution in [1.82, 2.24) is 15.0 Å². The van der Waals surface area contributed by atoms with Crippen LogP contribution in [0, 0.1) is 6.92 Å². The van der Waals surface area contributed by atoms with Gasteiger partial charge < -0.3 is 18.9 Å². The molecule has 144 valence electrons. The summed E-state index contributed by atoms with van der Waals surface area (Å²) in [6.07, 6.45) is -0.209. The Labute approximate surface area is 162 Å². The Morgan fingerprint density at radius 1 is 1.14 bits per heavy atom. The van der Waals surface area contributed by atoms with Crippen molar-refractivity contribution in [2.45, 2.75) is 20.0 Å². The molecule has 4 rings (SSSR count). The van der Waals surface area contributed by atoms with E-state index in [4.69, 9.17) is 14.0 Å². The standard InChI is InChI=1S/C21H21N3O4/c1-3-24(12-17-13-26-18-6-4-5-7-19(18)27-17)21(25)16-10-8-15(9-11-16)20-22-14(2)23-28-20/h4-11,17H,3,12-13H2,1-2H3. The Morgan fingerprint density at radius 2 is 1.89 bits per heavy atom. The van der Waals surface area contributed by atoms with Crippen LogP contribution in [0.3, 0.4) is 0 Å². The van der Waals surface area contributed by atoms with E-state index in [1.54, 1.807) is 24.0 Å². The maximum Gasteiger partial charge on any atom is 0.257 e. The van der Waals surface area contributed by atoms with Gasteiger partial charge in [0.1, 0.15) is 6.61 Å². The zero-order valence-corrected chi connectivity index (χ0v) is 15.8. The second kappa shape index (κ2) is 7.72. The lowest BCUT2D eigenvalue weighted by atomic mass is 10.1. The quantitative estimate of drug-likeness (QED) is 0.677. The molecule has 0 N–H and O–H groups in total. The number of carbonyl (C=O) groups excluding carboxylic acids is 1. The number of aromatic nitrogens is 2. The number of para-hydroxylation sites is 2. The monoisotopic (exact) mass is 379 g/mol. The van der Waals surface area contributed by atoms with Gasteiger partial charge in [0.2, 0.25) is 0 Å². The van der Waals surface area contributed by atoms with Gasteiger partial charge in [-0.25, -0.2) is 0 Å². The summed E-state index contributed by atoms with van der Waals surface area (Å²) in [6.45, 7) is 5.15. The summed E-state index contributed by atoms with van der Waals surface area (Å²) in [5, 5.41) is 3.79. The van der Waals surface area contributed by atoms with Crippen molar-refractivity contribution < 1.29 is 18.8 Å². The van der Waals surface area contributed by atoms with Crippen molar-refractivity contribution in [2.75, 3.05) is 19.7 Å². The van der Waals surface area contributed by atoms with Crippen LogP contribution in [0.5, 0.6) is 11.5 Å². The maximum absolute atomic E-state index is 12.9. The predicted octanol–water partition coefficient (Wildman–Crippen LogP) is 3.35. The number of benzene rings is 2. The lowest BCUT2D eigenvalue weighted by Crippen LogP contribution is -2.43. The van der Waals surface area contributed by atoms with Crippen LogP contribution in [-0.4, -0.2) is 46.7 Å². The Bertz CT molecular complexity index is 968. The van der Waals surface area contributed by atoms with E-state index < -0.39 is 0 Å². The molecule has 1 aliphatic rings. The molecule has 0 radical (unpaired) electrons. The molecule has 28 heavy (non-hydrogen) atoms. The molecule has 0 spiro atoms. The van der Waals surface area contributed by atoms with Crippen LogP contribution in [-0.2, 0) is 0 Å². The zero-order chi connectivity index (χ0) is 19.5. The molecule has 1 atom stereocenters. The lowest BCUT2D eigenvalue weighted by molar-refractivity contribution is 0.0475. The molecule has 0 bridgehead atoms. The van der Waals surface area contributed by atoms with Crippen molar-refractivity contribution in [3.8, 4) is 23.0 Å². The third-order valence-corrected chi connectivity index (χ3v) is 4.57. The van der Waals surface area contributed by atoms with E-state index in [2.05, 4.69) is 10.1 Å². The van der Waals surface area contributed by atoms with Gasteiger partial charge >= 0.3 is 0 Å². The van der Waals surface area contributed by atoms with Crippen molar-refractivity contribution in [1.29, 1.82) is 0 Å². The first kappa shape index (κ1) is 18.0. The summed E-state index contributed by atoms with van der Waals surface area (Å²) in [5.74, 6) is 2.40. The Balaban J connectivity index is 1.44. The fourth-order valence-electron chi connectivity index (χ4n) is 3.11. The minimum Gasteiger partial charge on any atom is -0.486 e. The van der Waals surface area contributed by atoms with Gasteiger partial charge in [0.15, 0.2) is 23.4 Å². The highest BCUT2D eigenvalue weighted by Crippen LogP contribution is 2.31. The highest BCUT2D eigenvalue weighted by Gasteiger charge is 2.25. The fraction of sp³-hybridized carbons (Fsp3) is 0.286. The summed E-state index contributed by atoms with van der Waals surface area (Å²) in [5.41, 5.74) is 1.37. The van der Waals surface area contributed by atoms with Crippen molar-refractivity contribution in [3.63, 3.8) is 0 Å². The van der Waals surface area contributed by atoms with Gasteiger partial charge in [-0.05, 0) is 50.2 Å². The van der Waals surface area contributed by atoms with Crippen LogP contribution in [0.1, 0.15) is 23.1 Å². The molecular weight excluding hydrogens is 358 g/mol.